The van der Waals surface area contributed by atoms with Gasteiger partial charge < -0.3 is 38.6 Å². The fourth-order valence-corrected chi connectivity index (χ4v) is 3.43. The van der Waals surface area contributed by atoms with Crippen LogP contribution in [0.2, 0.25) is 0 Å². The number of carbonyl (C=O) groups excluding carboxylic acids is 5. The minimum absolute atomic E-state index is 0.532. The van der Waals surface area contributed by atoms with Crippen LogP contribution in [0.15, 0.2) is 63.3 Å². The van der Waals surface area contributed by atoms with Crippen molar-refractivity contribution in [3.63, 3.8) is 0 Å². The van der Waals surface area contributed by atoms with E-state index in [1.54, 1.807) is 0 Å². The zero-order chi connectivity index (χ0) is 33.8. The van der Waals surface area contributed by atoms with Crippen LogP contribution in [0, 0.1) is 16.7 Å². The van der Waals surface area contributed by atoms with Gasteiger partial charge in [0.05, 0.1) is 36.4 Å². The van der Waals surface area contributed by atoms with Crippen LogP contribution in [0.1, 0.15) is 12.8 Å². The second-order valence-corrected chi connectivity index (χ2v) is 9.39. The Hall–Kier alpha value is -5.05. The number of aliphatic carboxylic acids is 2. The van der Waals surface area contributed by atoms with E-state index in [9.17, 15) is 43.8 Å². The number of hydrogen-bond acceptors (Lipinski definition) is 13. The second kappa shape index (κ2) is 20.0. The number of carboxylic acid groups (broad SMARTS) is 2. The van der Waals surface area contributed by atoms with Crippen molar-refractivity contribution < 1.29 is 72.2 Å². The minimum atomic E-state index is -1.69. The fraction of sp³-hybridized carbons (Fsp3) is 0.414. The van der Waals surface area contributed by atoms with Crippen LogP contribution in [-0.2, 0) is 62.0 Å². The molecule has 0 aliphatic heterocycles. The quantitative estimate of drug-likeness (QED) is 0.0876. The molecule has 0 amide bonds. The average Bonchev–Trinajstić information content (AvgIpc) is 3.01. The maximum Gasteiger partial charge on any atom is 0.330 e. The smallest absolute Gasteiger partial charge is 0.330 e. The third-order valence-corrected chi connectivity index (χ3v) is 5.70. The first kappa shape index (κ1) is 39.0. The molecule has 44 heavy (non-hydrogen) atoms. The van der Waals surface area contributed by atoms with Gasteiger partial charge in [0.1, 0.15) is 33.0 Å². The van der Waals surface area contributed by atoms with Crippen molar-refractivity contribution in [3.8, 4) is 0 Å². The molecule has 0 aliphatic carbocycles. The van der Waals surface area contributed by atoms with Gasteiger partial charge in [-0.25, -0.2) is 24.0 Å². The van der Waals surface area contributed by atoms with Gasteiger partial charge in [0.2, 0.25) is 0 Å². The molecule has 15 nitrogen and oxygen atoms in total. The van der Waals surface area contributed by atoms with Gasteiger partial charge in [0.15, 0.2) is 0 Å². The maximum atomic E-state index is 11.9. The predicted molar refractivity (Wildman–Crippen MR) is 149 cm³/mol. The molecule has 0 aliphatic rings. The van der Waals surface area contributed by atoms with E-state index in [1.807, 2.05) is 0 Å². The van der Waals surface area contributed by atoms with Crippen molar-refractivity contribution >= 4 is 41.8 Å². The number of carbonyl (C=O) groups is 7. The first-order valence-electron chi connectivity index (χ1n) is 12.7. The van der Waals surface area contributed by atoms with Crippen molar-refractivity contribution in [1.82, 2.24) is 0 Å². The number of esters is 5. The molecule has 0 aromatic heterocycles. The van der Waals surface area contributed by atoms with Crippen LogP contribution in [0.5, 0.6) is 0 Å². The SMILES string of the molecule is C=CC(=O)OCC(COCC(COC(=O)C=C)(COC(=O)C=C)CC(CC(=O)O)C(=O)O)(COC(=O)C=C)COC(=O)C=C. The summed E-state index contributed by atoms with van der Waals surface area (Å²) >= 11 is 0. The van der Waals surface area contributed by atoms with Crippen LogP contribution in [-0.4, -0.2) is 98.2 Å². The molecule has 0 aromatic rings. The lowest BCUT2D eigenvalue weighted by Gasteiger charge is -2.36. The van der Waals surface area contributed by atoms with Crippen molar-refractivity contribution in [3.05, 3.63) is 63.3 Å². The zero-order valence-electron chi connectivity index (χ0n) is 24.1. The molecule has 15 heteroatoms. The molecule has 0 radical (unpaired) electrons. The highest BCUT2D eigenvalue weighted by Gasteiger charge is 2.42. The van der Waals surface area contributed by atoms with Crippen LogP contribution in [0.3, 0.4) is 0 Å². The molecule has 0 saturated carbocycles. The number of hydrogen-bond donors (Lipinski definition) is 2. The van der Waals surface area contributed by atoms with Crippen LogP contribution in [0.25, 0.3) is 0 Å². The second-order valence-electron chi connectivity index (χ2n) is 9.39. The summed E-state index contributed by atoms with van der Waals surface area (Å²) < 4.78 is 31.5. The monoisotopic (exact) mass is 624 g/mol. The summed E-state index contributed by atoms with van der Waals surface area (Å²) in [6, 6.07) is 0. The predicted octanol–water partition coefficient (Wildman–Crippen LogP) is 1.19. The molecule has 1 unspecified atom stereocenters. The summed E-state index contributed by atoms with van der Waals surface area (Å²) in [4.78, 5) is 82.8. The lowest BCUT2D eigenvalue weighted by Crippen LogP contribution is -2.46. The van der Waals surface area contributed by atoms with Crippen LogP contribution < -0.4 is 0 Å². The Kier molecular flexibility index (Phi) is 17.7. The highest BCUT2D eigenvalue weighted by atomic mass is 16.6. The number of carboxylic acids is 2. The van der Waals surface area contributed by atoms with Crippen molar-refractivity contribution in [2.75, 3.05) is 46.2 Å². The summed E-state index contributed by atoms with van der Waals surface area (Å²) in [6.45, 7) is 12.3. The first-order chi connectivity index (χ1) is 20.7. The summed E-state index contributed by atoms with van der Waals surface area (Å²) in [5.41, 5.74) is -3.28. The molecule has 0 spiro atoms. The summed E-state index contributed by atoms with van der Waals surface area (Å²) in [7, 11) is 0. The Labute approximate surface area is 253 Å². The highest BCUT2D eigenvalue weighted by molar-refractivity contribution is 5.83. The van der Waals surface area contributed by atoms with Gasteiger partial charge in [-0.2, -0.15) is 0 Å². The summed E-state index contributed by atoms with van der Waals surface area (Å²) in [6.07, 6.45) is 2.77. The standard InChI is InChI=1S/C29H36O15/c1-6-22(32)40-15-28(16-41-23(33)7-2,12-20(27(37)38)11-21(30)31)13-39-14-29(17-42-24(34)8-3,18-43-25(35)9-4)19-44-26(36)10-5/h6-10,20H,1-5,11-19H2,(H,30,31)(H,37,38). The molecule has 2 N–H and O–H groups in total. The molecule has 0 aromatic carbocycles. The summed E-state index contributed by atoms with van der Waals surface area (Å²) in [5.74, 6) is -9.07. The van der Waals surface area contributed by atoms with E-state index >= 15 is 0 Å². The van der Waals surface area contributed by atoms with Crippen molar-refractivity contribution in [1.29, 1.82) is 0 Å². The fourth-order valence-electron chi connectivity index (χ4n) is 3.43. The molecule has 0 bridgehead atoms. The van der Waals surface area contributed by atoms with Crippen LogP contribution in [0.4, 0.5) is 0 Å². The Bertz CT molecular complexity index is 1040. The lowest BCUT2D eigenvalue weighted by molar-refractivity contribution is -0.167. The zero-order valence-corrected chi connectivity index (χ0v) is 24.1. The van der Waals surface area contributed by atoms with E-state index in [0.29, 0.717) is 0 Å². The van der Waals surface area contributed by atoms with Gasteiger partial charge in [-0.05, 0) is 6.42 Å². The van der Waals surface area contributed by atoms with E-state index in [2.05, 4.69) is 32.9 Å². The highest BCUT2D eigenvalue weighted by Crippen LogP contribution is 2.32. The minimum Gasteiger partial charge on any atom is -0.481 e. The van der Waals surface area contributed by atoms with E-state index in [0.717, 1.165) is 30.4 Å². The van der Waals surface area contributed by atoms with Gasteiger partial charge in [-0.3, -0.25) is 9.59 Å². The molecule has 0 heterocycles. The topological polar surface area (TPSA) is 215 Å². The van der Waals surface area contributed by atoms with Crippen LogP contribution >= 0.6 is 0 Å². The lowest BCUT2D eigenvalue weighted by atomic mass is 9.79. The Balaban J connectivity index is 6.64. The van der Waals surface area contributed by atoms with Gasteiger partial charge in [-0.15, -0.1) is 0 Å². The average molecular weight is 625 g/mol. The largest absolute Gasteiger partial charge is 0.481 e. The van der Waals surface area contributed by atoms with E-state index < -0.39 is 118 Å². The number of ether oxygens (including phenoxy) is 6. The Morgan fingerprint density at radius 3 is 1.09 bits per heavy atom. The van der Waals surface area contributed by atoms with Crippen molar-refractivity contribution in [2.24, 2.45) is 16.7 Å². The third kappa shape index (κ3) is 15.3. The number of rotatable bonds is 24. The molecular weight excluding hydrogens is 588 g/mol. The molecule has 0 rings (SSSR count). The molecule has 0 fully saturated rings. The Morgan fingerprint density at radius 2 is 0.818 bits per heavy atom. The molecule has 242 valence electrons. The van der Waals surface area contributed by atoms with Gasteiger partial charge in [0, 0.05) is 30.4 Å². The molecule has 0 saturated heterocycles. The summed E-state index contributed by atoms with van der Waals surface area (Å²) in [5, 5.41) is 19.0. The first-order valence-corrected chi connectivity index (χ1v) is 12.7. The Morgan fingerprint density at radius 1 is 0.523 bits per heavy atom. The van der Waals surface area contributed by atoms with Crippen molar-refractivity contribution in [2.45, 2.75) is 12.8 Å². The van der Waals surface area contributed by atoms with Gasteiger partial charge in [0.25, 0.3) is 0 Å². The third-order valence-electron chi connectivity index (χ3n) is 5.70. The van der Waals surface area contributed by atoms with Gasteiger partial charge >= 0.3 is 41.8 Å². The van der Waals surface area contributed by atoms with E-state index in [4.69, 9.17) is 28.4 Å². The normalized spacial score (nSPS) is 11.5. The molecular formula is C29H36O15. The maximum absolute atomic E-state index is 11.9. The van der Waals surface area contributed by atoms with Gasteiger partial charge in [-0.1, -0.05) is 32.9 Å². The van der Waals surface area contributed by atoms with E-state index in [1.165, 1.54) is 0 Å². The van der Waals surface area contributed by atoms with E-state index in [-0.39, 0.29) is 0 Å². The molecule has 1 atom stereocenters.